The summed E-state index contributed by atoms with van der Waals surface area (Å²) in [5, 5.41) is 7.52. The molecular weight excluding hydrogens is 434 g/mol. The number of fused-ring (bicyclic) bond motifs is 1. The van der Waals surface area contributed by atoms with E-state index in [9.17, 15) is 4.79 Å². The van der Waals surface area contributed by atoms with Gasteiger partial charge >= 0.3 is 0 Å². The maximum Gasteiger partial charge on any atom is 0.221 e. The van der Waals surface area contributed by atoms with E-state index < -0.39 is 0 Å². The Kier molecular flexibility index (Phi) is 6.94. The van der Waals surface area contributed by atoms with Gasteiger partial charge in [0.1, 0.15) is 5.75 Å². The lowest BCUT2D eigenvalue weighted by molar-refractivity contribution is -0.114. The molecule has 0 atom stereocenters. The van der Waals surface area contributed by atoms with Crippen LogP contribution in [0.25, 0.3) is 22.2 Å². The van der Waals surface area contributed by atoms with Crippen LogP contribution < -0.4 is 15.4 Å². The Morgan fingerprint density at radius 3 is 2.34 bits per heavy atom. The van der Waals surface area contributed by atoms with E-state index in [0.717, 1.165) is 45.9 Å². The molecule has 1 aliphatic carbocycles. The summed E-state index contributed by atoms with van der Waals surface area (Å²) in [7, 11) is 0. The number of ether oxygens (including phenoxy) is 1. The SMILES string of the molecule is CC(=O)Nc1c(-c2ccccc2)nc2ccccc2c1Nc1ccc(OCC2CCCCC2)cc1. The number of benzene rings is 3. The molecule has 5 nitrogen and oxygen atoms in total. The smallest absolute Gasteiger partial charge is 0.221 e. The van der Waals surface area contributed by atoms with Crippen molar-refractivity contribution in [3.8, 4) is 17.0 Å². The van der Waals surface area contributed by atoms with Crippen molar-refractivity contribution in [3.05, 3.63) is 78.9 Å². The summed E-state index contributed by atoms with van der Waals surface area (Å²) in [5.74, 6) is 1.41. The Morgan fingerprint density at radius 2 is 1.60 bits per heavy atom. The maximum absolute atomic E-state index is 12.2. The first-order valence-electron chi connectivity index (χ1n) is 12.4. The van der Waals surface area contributed by atoms with E-state index >= 15 is 0 Å². The monoisotopic (exact) mass is 465 g/mol. The van der Waals surface area contributed by atoms with Gasteiger partial charge in [-0.3, -0.25) is 4.79 Å². The van der Waals surface area contributed by atoms with Crippen molar-refractivity contribution >= 4 is 33.9 Å². The summed E-state index contributed by atoms with van der Waals surface area (Å²) in [6.45, 7) is 2.31. The van der Waals surface area contributed by atoms with E-state index in [1.54, 1.807) is 0 Å². The van der Waals surface area contributed by atoms with Crippen LogP contribution in [-0.2, 0) is 4.79 Å². The molecule has 1 amide bonds. The third-order valence-electron chi connectivity index (χ3n) is 6.57. The number of hydrogen-bond donors (Lipinski definition) is 2. The summed E-state index contributed by atoms with van der Waals surface area (Å²) >= 11 is 0. The van der Waals surface area contributed by atoms with Gasteiger partial charge in [-0.2, -0.15) is 0 Å². The molecule has 4 aromatic rings. The molecule has 1 saturated carbocycles. The Hall–Kier alpha value is -3.86. The highest BCUT2D eigenvalue weighted by Crippen LogP contribution is 2.40. The molecule has 1 fully saturated rings. The molecule has 2 N–H and O–H groups in total. The summed E-state index contributed by atoms with van der Waals surface area (Å²) in [5.41, 5.74) is 4.93. The predicted molar refractivity (Wildman–Crippen MR) is 143 cm³/mol. The molecule has 0 radical (unpaired) electrons. The van der Waals surface area contributed by atoms with Crippen LogP contribution in [0.2, 0.25) is 0 Å². The average Bonchev–Trinajstić information content (AvgIpc) is 2.90. The van der Waals surface area contributed by atoms with Crippen LogP contribution in [-0.4, -0.2) is 17.5 Å². The molecule has 1 heterocycles. The van der Waals surface area contributed by atoms with E-state index in [0.29, 0.717) is 11.6 Å². The highest BCUT2D eigenvalue weighted by Gasteiger charge is 2.18. The first-order chi connectivity index (χ1) is 17.2. The fraction of sp³-hybridized carbons (Fsp3) is 0.267. The number of rotatable bonds is 7. The van der Waals surface area contributed by atoms with Crippen LogP contribution in [0, 0.1) is 5.92 Å². The largest absolute Gasteiger partial charge is 0.493 e. The molecule has 5 heteroatoms. The molecule has 1 aromatic heterocycles. The first-order valence-corrected chi connectivity index (χ1v) is 12.4. The predicted octanol–water partition coefficient (Wildman–Crippen LogP) is 7.56. The fourth-order valence-corrected chi connectivity index (χ4v) is 4.79. The third kappa shape index (κ3) is 5.46. The minimum atomic E-state index is -0.145. The van der Waals surface area contributed by atoms with Crippen molar-refractivity contribution in [2.24, 2.45) is 5.92 Å². The molecule has 178 valence electrons. The standard InChI is InChI=1S/C30H31N3O2/c1-21(34)31-30-28(23-12-6-3-7-13-23)33-27-15-9-8-14-26(27)29(30)32-24-16-18-25(19-17-24)35-20-22-10-4-2-5-11-22/h3,6-9,12-19,22H,2,4-5,10-11,20H2,1H3,(H,31,34)(H,32,33). The number of carbonyl (C=O) groups excluding carboxylic acids is 1. The number of pyridine rings is 1. The van der Waals surface area contributed by atoms with Gasteiger partial charge in [-0.1, -0.05) is 67.8 Å². The fourth-order valence-electron chi connectivity index (χ4n) is 4.79. The van der Waals surface area contributed by atoms with Gasteiger partial charge in [0.25, 0.3) is 0 Å². The summed E-state index contributed by atoms with van der Waals surface area (Å²) in [6.07, 6.45) is 6.53. The number of aromatic nitrogens is 1. The van der Waals surface area contributed by atoms with Crippen LogP contribution in [0.5, 0.6) is 5.75 Å². The molecule has 3 aromatic carbocycles. The number of anilines is 3. The normalized spacial score (nSPS) is 14.0. The quantitative estimate of drug-likeness (QED) is 0.295. The van der Waals surface area contributed by atoms with Crippen LogP contribution in [0.15, 0.2) is 78.9 Å². The minimum absolute atomic E-state index is 0.145. The van der Waals surface area contributed by atoms with Gasteiger partial charge in [-0.15, -0.1) is 0 Å². The second kappa shape index (κ2) is 10.6. The number of nitrogens with one attached hydrogen (secondary N) is 2. The van der Waals surface area contributed by atoms with Crippen LogP contribution >= 0.6 is 0 Å². The van der Waals surface area contributed by atoms with Crippen molar-refractivity contribution in [1.29, 1.82) is 0 Å². The van der Waals surface area contributed by atoms with E-state index in [-0.39, 0.29) is 5.91 Å². The maximum atomic E-state index is 12.2. The van der Waals surface area contributed by atoms with Gasteiger partial charge in [0.15, 0.2) is 0 Å². The van der Waals surface area contributed by atoms with Crippen LogP contribution in [0.1, 0.15) is 39.0 Å². The number of amides is 1. The third-order valence-corrected chi connectivity index (χ3v) is 6.57. The van der Waals surface area contributed by atoms with Gasteiger partial charge in [0.2, 0.25) is 5.91 Å². The van der Waals surface area contributed by atoms with Crippen molar-refractivity contribution in [2.45, 2.75) is 39.0 Å². The van der Waals surface area contributed by atoms with Crippen LogP contribution in [0.4, 0.5) is 17.1 Å². The Balaban J connectivity index is 1.47. The van der Waals surface area contributed by atoms with E-state index in [1.807, 2.05) is 78.9 Å². The van der Waals surface area contributed by atoms with Crippen LogP contribution in [0.3, 0.4) is 0 Å². The van der Waals surface area contributed by atoms with E-state index in [2.05, 4.69) is 10.6 Å². The lowest BCUT2D eigenvalue weighted by atomic mass is 9.90. The molecule has 1 aliphatic rings. The molecule has 0 bridgehead atoms. The lowest BCUT2D eigenvalue weighted by Gasteiger charge is -2.22. The topological polar surface area (TPSA) is 63.2 Å². The van der Waals surface area contributed by atoms with Gasteiger partial charge in [-0.25, -0.2) is 4.98 Å². The Labute approximate surface area is 206 Å². The second-order valence-corrected chi connectivity index (χ2v) is 9.24. The van der Waals surface area contributed by atoms with Crippen molar-refractivity contribution in [1.82, 2.24) is 4.98 Å². The molecular formula is C30H31N3O2. The molecule has 35 heavy (non-hydrogen) atoms. The number of carbonyl (C=O) groups is 1. The number of para-hydroxylation sites is 1. The zero-order valence-corrected chi connectivity index (χ0v) is 20.1. The van der Waals surface area contributed by atoms with Gasteiger partial charge < -0.3 is 15.4 Å². The first kappa shape index (κ1) is 22.9. The molecule has 0 aliphatic heterocycles. The van der Waals surface area contributed by atoms with Crippen molar-refractivity contribution in [2.75, 3.05) is 17.2 Å². The van der Waals surface area contributed by atoms with E-state index in [4.69, 9.17) is 9.72 Å². The van der Waals surface area contributed by atoms with E-state index in [1.165, 1.54) is 39.0 Å². The molecule has 0 saturated heterocycles. The summed E-state index contributed by atoms with van der Waals surface area (Å²) in [6, 6.07) is 26.0. The Morgan fingerprint density at radius 1 is 0.886 bits per heavy atom. The zero-order chi connectivity index (χ0) is 24.0. The highest BCUT2D eigenvalue weighted by molar-refractivity contribution is 6.08. The van der Waals surface area contributed by atoms with Gasteiger partial charge in [-0.05, 0) is 49.1 Å². The van der Waals surface area contributed by atoms with Gasteiger partial charge in [0.05, 0.1) is 29.2 Å². The lowest BCUT2D eigenvalue weighted by Crippen LogP contribution is -2.15. The van der Waals surface area contributed by atoms with Crippen molar-refractivity contribution < 1.29 is 9.53 Å². The van der Waals surface area contributed by atoms with Gasteiger partial charge in [0, 0.05) is 23.6 Å². The second-order valence-electron chi connectivity index (χ2n) is 9.24. The zero-order valence-electron chi connectivity index (χ0n) is 20.1. The molecule has 5 rings (SSSR count). The summed E-state index contributed by atoms with van der Waals surface area (Å²) < 4.78 is 6.08. The molecule has 0 unspecified atom stereocenters. The van der Waals surface area contributed by atoms with Crippen molar-refractivity contribution in [3.63, 3.8) is 0 Å². The summed E-state index contributed by atoms with van der Waals surface area (Å²) in [4.78, 5) is 17.1. The number of hydrogen-bond acceptors (Lipinski definition) is 4. The number of nitrogens with zero attached hydrogens (tertiary/aromatic N) is 1. The minimum Gasteiger partial charge on any atom is -0.493 e. The average molecular weight is 466 g/mol. The highest BCUT2D eigenvalue weighted by atomic mass is 16.5. The Bertz CT molecular complexity index is 1300. The molecule has 0 spiro atoms.